The Hall–Kier alpha value is -1.55. The Labute approximate surface area is 115 Å². The van der Waals surface area contributed by atoms with Crippen LogP contribution in [0.25, 0.3) is 0 Å². The summed E-state index contributed by atoms with van der Waals surface area (Å²) in [6.45, 7) is 4.20. The Kier molecular flexibility index (Phi) is 3.54. The molecule has 0 saturated heterocycles. The molecule has 3 N–H and O–H groups in total. The van der Waals surface area contributed by atoms with Gasteiger partial charge in [-0.2, -0.15) is 0 Å². The van der Waals surface area contributed by atoms with Gasteiger partial charge in [-0.05, 0) is 24.6 Å². The van der Waals surface area contributed by atoms with Crippen molar-refractivity contribution in [3.05, 3.63) is 29.8 Å². The smallest absolute Gasteiger partial charge is 0.251 e. The molecule has 0 aliphatic heterocycles. The second kappa shape index (κ2) is 4.85. The Morgan fingerprint density at radius 3 is 2.63 bits per heavy atom. The summed E-state index contributed by atoms with van der Waals surface area (Å²) >= 11 is 0. The van der Waals surface area contributed by atoms with Gasteiger partial charge < -0.3 is 16.0 Å². The number of carbonyl (C=O) groups is 1. The average Bonchev–Trinajstić information content (AvgIpc) is 2.38. The predicted molar refractivity (Wildman–Crippen MR) is 78.4 cm³/mol. The summed E-state index contributed by atoms with van der Waals surface area (Å²) in [6, 6.07) is 7.97. The van der Waals surface area contributed by atoms with Crippen molar-refractivity contribution >= 4 is 11.6 Å². The van der Waals surface area contributed by atoms with Gasteiger partial charge in [-0.25, -0.2) is 0 Å². The molecule has 19 heavy (non-hydrogen) atoms. The lowest BCUT2D eigenvalue weighted by molar-refractivity contribution is 0.0586. The summed E-state index contributed by atoms with van der Waals surface area (Å²) in [4.78, 5) is 14.2. The fourth-order valence-corrected chi connectivity index (χ4v) is 2.37. The maximum absolute atomic E-state index is 12.2. The van der Waals surface area contributed by atoms with Crippen LogP contribution in [0.1, 0.15) is 30.6 Å². The van der Waals surface area contributed by atoms with E-state index >= 15 is 0 Å². The molecular formula is C15H23N3O. The normalized spacial score (nSPS) is 24.5. The summed E-state index contributed by atoms with van der Waals surface area (Å²) in [5.41, 5.74) is 7.67. The van der Waals surface area contributed by atoms with Crippen molar-refractivity contribution in [1.82, 2.24) is 5.32 Å². The van der Waals surface area contributed by atoms with Crippen molar-refractivity contribution in [2.75, 3.05) is 19.0 Å². The number of hydrogen-bond acceptors (Lipinski definition) is 3. The second-order valence-electron chi connectivity index (χ2n) is 6.13. The van der Waals surface area contributed by atoms with Gasteiger partial charge in [0.2, 0.25) is 0 Å². The number of rotatable bonds is 3. The van der Waals surface area contributed by atoms with Crippen LogP contribution in [0.15, 0.2) is 24.3 Å². The molecule has 104 valence electrons. The molecule has 4 nitrogen and oxygen atoms in total. The highest BCUT2D eigenvalue weighted by Crippen LogP contribution is 2.39. The molecule has 1 aromatic carbocycles. The van der Waals surface area contributed by atoms with Crippen LogP contribution in [0.5, 0.6) is 0 Å². The zero-order chi connectivity index (χ0) is 14.2. The number of anilines is 1. The van der Waals surface area contributed by atoms with Crippen molar-refractivity contribution in [1.29, 1.82) is 0 Å². The molecule has 1 aliphatic rings. The fourth-order valence-electron chi connectivity index (χ4n) is 2.37. The minimum atomic E-state index is -0.0197. The first-order valence-electron chi connectivity index (χ1n) is 6.66. The molecule has 4 heteroatoms. The Morgan fingerprint density at radius 2 is 2.11 bits per heavy atom. The van der Waals surface area contributed by atoms with E-state index in [-0.39, 0.29) is 23.4 Å². The van der Waals surface area contributed by atoms with Gasteiger partial charge in [0, 0.05) is 42.8 Å². The fraction of sp³-hybridized carbons (Fsp3) is 0.533. The van der Waals surface area contributed by atoms with Crippen LogP contribution >= 0.6 is 0 Å². The van der Waals surface area contributed by atoms with E-state index in [4.69, 9.17) is 5.73 Å². The van der Waals surface area contributed by atoms with Crippen molar-refractivity contribution in [2.45, 2.75) is 32.4 Å². The lowest BCUT2D eigenvalue weighted by atomic mass is 9.63. The molecule has 0 spiro atoms. The first-order valence-corrected chi connectivity index (χ1v) is 6.66. The minimum absolute atomic E-state index is 0.0190. The third-order valence-electron chi connectivity index (χ3n) is 4.27. The maximum Gasteiger partial charge on any atom is 0.251 e. The van der Waals surface area contributed by atoms with E-state index in [1.54, 1.807) is 0 Å². The van der Waals surface area contributed by atoms with Gasteiger partial charge in [-0.15, -0.1) is 0 Å². The number of benzene rings is 1. The molecule has 1 saturated carbocycles. The molecule has 1 fully saturated rings. The van der Waals surface area contributed by atoms with Crippen LogP contribution in [-0.4, -0.2) is 32.1 Å². The molecule has 0 radical (unpaired) electrons. The lowest BCUT2D eigenvalue weighted by Gasteiger charge is -2.50. The summed E-state index contributed by atoms with van der Waals surface area (Å²) < 4.78 is 0. The van der Waals surface area contributed by atoms with Gasteiger partial charge in [0.1, 0.15) is 0 Å². The van der Waals surface area contributed by atoms with Gasteiger partial charge in [0.25, 0.3) is 5.91 Å². The van der Waals surface area contributed by atoms with Crippen LogP contribution in [0.4, 0.5) is 5.69 Å². The summed E-state index contributed by atoms with van der Waals surface area (Å²) in [5, 5.41) is 3.08. The van der Waals surface area contributed by atoms with Crippen LogP contribution in [-0.2, 0) is 0 Å². The molecule has 1 aliphatic carbocycles. The molecule has 2 atom stereocenters. The summed E-state index contributed by atoms with van der Waals surface area (Å²) in [5.74, 6) is -0.0197. The van der Waals surface area contributed by atoms with E-state index in [1.807, 2.05) is 43.3 Å². The zero-order valence-electron chi connectivity index (χ0n) is 12.1. The average molecular weight is 261 g/mol. The predicted octanol–water partition coefficient (Wildman–Crippen LogP) is 1.61. The van der Waals surface area contributed by atoms with Gasteiger partial charge in [0.05, 0.1) is 0 Å². The van der Waals surface area contributed by atoms with Crippen molar-refractivity contribution in [3.63, 3.8) is 0 Å². The number of nitrogens with zero attached hydrogens (tertiary/aromatic N) is 1. The molecular weight excluding hydrogens is 238 g/mol. The van der Waals surface area contributed by atoms with Crippen LogP contribution in [0, 0.1) is 5.41 Å². The Bertz CT molecular complexity index is 482. The first-order chi connectivity index (χ1) is 8.82. The van der Waals surface area contributed by atoms with Gasteiger partial charge in [0.15, 0.2) is 0 Å². The highest BCUT2D eigenvalue weighted by atomic mass is 16.1. The molecule has 2 unspecified atom stereocenters. The Morgan fingerprint density at radius 1 is 1.42 bits per heavy atom. The molecule has 0 heterocycles. The summed E-state index contributed by atoms with van der Waals surface area (Å²) in [6.07, 6.45) is 0.853. The monoisotopic (exact) mass is 261 g/mol. The maximum atomic E-state index is 12.2. The van der Waals surface area contributed by atoms with Crippen molar-refractivity contribution in [3.8, 4) is 0 Å². The highest BCUT2D eigenvalue weighted by Gasteiger charge is 2.46. The van der Waals surface area contributed by atoms with E-state index < -0.39 is 0 Å². The largest absolute Gasteiger partial charge is 0.378 e. The Balaban J connectivity index is 2.07. The SMILES string of the molecule is CN(C)c1cccc(C(=O)NC2CC(N)C2(C)C)c1. The molecule has 1 amide bonds. The van der Waals surface area contributed by atoms with Gasteiger partial charge in [-0.3, -0.25) is 4.79 Å². The van der Waals surface area contributed by atoms with Gasteiger partial charge in [-0.1, -0.05) is 19.9 Å². The molecule has 1 aromatic rings. The number of hydrogen-bond donors (Lipinski definition) is 2. The lowest BCUT2D eigenvalue weighted by Crippen LogP contribution is -2.64. The van der Waals surface area contributed by atoms with Crippen molar-refractivity contribution in [2.24, 2.45) is 11.1 Å². The highest BCUT2D eigenvalue weighted by molar-refractivity contribution is 5.95. The number of nitrogens with one attached hydrogen (secondary N) is 1. The standard InChI is InChI=1S/C15H23N3O/c1-15(2)12(16)9-13(15)17-14(19)10-6-5-7-11(8-10)18(3)4/h5-8,12-13H,9,16H2,1-4H3,(H,17,19). The van der Waals surface area contributed by atoms with Crippen LogP contribution in [0.3, 0.4) is 0 Å². The number of amides is 1. The first kappa shape index (κ1) is 13.9. The molecule has 0 aromatic heterocycles. The minimum Gasteiger partial charge on any atom is -0.378 e. The third kappa shape index (κ3) is 2.59. The van der Waals surface area contributed by atoms with E-state index in [9.17, 15) is 4.79 Å². The van der Waals surface area contributed by atoms with Gasteiger partial charge >= 0.3 is 0 Å². The van der Waals surface area contributed by atoms with E-state index in [0.29, 0.717) is 5.56 Å². The molecule has 2 rings (SSSR count). The zero-order valence-corrected chi connectivity index (χ0v) is 12.1. The third-order valence-corrected chi connectivity index (χ3v) is 4.27. The van der Waals surface area contributed by atoms with E-state index in [0.717, 1.165) is 12.1 Å². The van der Waals surface area contributed by atoms with Crippen LogP contribution < -0.4 is 16.0 Å². The van der Waals surface area contributed by atoms with Crippen LogP contribution in [0.2, 0.25) is 0 Å². The van der Waals surface area contributed by atoms with E-state index in [1.165, 1.54) is 0 Å². The number of carbonyl (C=O) groups excluding carboxylic acids is 1. The number of nitrogens with two attached hydrogens (primary N) is 1. The second-order valence-corrected chi connectivity index (χ2v) is 6.13. The molecule has 0 bridgehead atoms. The topological polar surface area (TPSA) is 58.4 Å². The van der Waals surface area contributed by atoms with E-state index in [2.05, 4.69) is 19.2 Å². The summed E-state index contributed by atoms with van der Waals surface area (Å²) in [7, 11) is 3.93. The quantitative estimate of drug-likeness (QED) is 0.869. The van der Waals surface area contributed by atoms with Crippen molar-refractivity contribution < 1.29 is 4.79 Å².